The molecule has 2 aromatic rings. The van der Waals surface area contributed by atoms with Crippen molar-refractivity contribution in [3.63, 3.8) is 0 Å². The second kappa shape index (κ2) is 12.9. The van der Waals surface area contributed by atoms with E-state index in [4.69, 9.17) is 6.58 Å². The van der Waals surface area contributed by atoms with Crippen LogP contribution in [-0.4, -0.2) is 0 Å². The number of rotatable bonds is 8. The van der Waals surface area contributed by atoms with Crippen LogP contribution in [0.1, 0.15) is 161 Å². The molecule has 1 atom stereocenters. The Kier molecular flexibility index (Phi) is 11.7. The van der Waals surface area contributed by atoms with Crippen LogP contribution in [0.4, 0.5) is 0 Å². The predicted molar refractivity (Wildman–Crippen MR) is 179 cm³/mol. The lowest BCUT2D eigenvalue weighted by Crippen LogP contribution is -2.23. The lowest BCUT2D eigenvalue weighted by molar-refractivity contribution is 0.552. The van der Waals surface area contributed by atoms with Crippen molar-refractivity contribution in [2.75, 3.05) is 0 Å². The summed E-state index contributed by atoms with van der Waals surface area (Å²) in [5.74, 6) is 0.202. The second-order valence-electron chi connectivity index (χ2n) is 15.5. The van der Waals surface area contributed by atoms with Crippen LogP contribution in [0.3, 0.4) is 0 Å². The van der Waals surface area contributed by atoms with E-state index < -0.39 is 0 Å². The smallest absolute Gasteiger partial charge is 0.0302 e. The minimum absolute atomic E-state index is 0. The highest BCUT2D eigenvalue weighted by Gasteiger charge is 2.32. The Balaban J connectivity index is 0.00000722. The van der Waals surface area contributed by atoms with Crippen molar-refractivity contribution in [3.8, 4) is 0 Å². The average molecular weight is 537 g/mol. The van der Waals surface area contributed by atoms with E-state index >= 15 is 0 Å². The molecule has 0 saturated carbocycles. The van der Waals surface area contributed by atoms with Gasteiger partial charge in [-0.1, -0.05) is 158 Å². The van der Waals surface area contributed by atoms with Crippen LogP contribution >= 0.6 is 9.90 Å². The van der Waals surface area contributed by atoms with Gasteiger partial charge in [-0.15, -0.1) is 0 Å². The van der Waals surface area contributed by atoms with E-state index in [-0.39, 0.29) is 37.5 Å². The highest BCUT2D eigenvalue weighted by molar-refractivity contribution is 6.92. The topological polar surface area (TPSA) is 0 Å². The Morgan fingerprint density at radius 1 is 0.605 bits per heavy atom. The fourth-order valence-electron chi connectivity index (χ4n) is 5.38. The summed E-state index contributed by atoms with van der Waals surface area (Å²) >= 11 is 0. The molecule has 0 bridgehead atoms. The van der Waals surface area contributed by atoms with E-state index in [1.807, 2.05) is 0 Å². The first-order valence-electron chi connectivity index (χ1n) is 14.8. The third-order valence-electron chi connectivity index (χ3n) is 7.84. The minimum atomic E-state index is 0. The molecule has 0 nitrogen and oxygen atoms in total. The number of unbranched alkanes of at least 4 members (excludes halogenated alkanes) is 3. The molecule has 0 aliphatic heterocycles. The summed E-state index contributed by atoms with van der Waals surface area (Å²) in [4.78, 5) is 0. The predicted octanol–water partition coefficient (Wildman–Crippen LogP) is 11.6. The maximum atomic E-state index is 4.79. The molecule has 0 aliphatic rings. The molecule has 0 radical (unpaired) electrons. The first-order chi connectivity index (χ1) is 16.8. The quantitative estimate of drug-likeness (QED) is 0.179. The average Bonchev–Trinajstić information content (AvgIpc) is 2.74. The van der Waals surface area contributed by atoms with Crippen molar-refractivity contribution in [2.45, 2.75) is 150 Å². The third kappa shape index (κ3) is 8.81. The van der Waals surface area contributed by atoms with Crippen LogP contribution in [0.25, 0.3) is 0 Å². The maximum absolute atomic E-state index is 4.79. The molecule has 0 saturated heterocycles. The maximum Gasteiger partial charge on any atom is 0.0302 e. The van der Waals surface area contributed by atoms with Gasteiger partial charge in [-0.25, -0.2) is 0 Å². The van der Waals surface area contributed by atoms with Crippen molar-refractivity contribution < 1.29 is 0 Å². The van der Waals surface area contributed by atoms with Crippen LogP contribution < -0.4 is 0 Å². The molecular formula is C37H61P. The van der Waals surface area contributed by atoms with Crippen molar-refractivity contribution in [2.24, 2.45) is 0 Å². The van der Waals surface area contributed by atoms with Gasteiger partial charge in [0.2, 0.25) is 0 Å². The van der Waals surface area contributed by atoms with Crippen molar-refractivity contribution in [3.05, 3.63) is 81.9 Å². The monoisotopic (exact) mass is 536 g/mol. The second-order valence-corrected chi connectivity index (χ2v) is 15.5. The van der Waals surface area contributed by atoms with Gasteiger partial charge in [-0.05, 0) is 67.9 Å². The van der Waals surface area contributed by atoms with Gasteiger partial charge in [0.05, 0.1) is 0 Å². The normalized spacial score (nSPS) is 13.0. The van der Waals surface area contributed by atoms with Crippen molar-refractivity contribution in [1.82, 2.24) is 0 Å². The van der Waals surface area contributed by atoms with Crippen LogP contribution in [0.2, 0.25) is 0 Å². The molecular weight excluding hydrogens is 475 g/mol. The van der Waals surface area contributed by atoms with E-state index in [1.54, 1.807) is 0 Å². The largest absolute Gasteiger partial charge is 0.153 e. The van der Waals surface area contributed by atoms with E-state index in [0.717, 1.165) is 6.42 Å². The highest BCUT2D eigenvalue weighted by Crippen LogP contribution is 2.45. The zero-order valence-electron chi connectivity index (χ0n) is 27.5. The van der Waals surface area contributed by atoms with Crippen molar-refractivity contribution in [1.29, 1.82) is 0 Å². The summed E-state index contributed by atoms with van der Waals surface area (Å²) in [6, 6.07) is 14.6. The summed E-state index contributed by atoms with van der Waals surface area (Å²) in [5, 5.41) is 0. The Hall–Kier alpha value is -1.39. The van der Waals surface area contributed by atoms with E-state index in [2.05, 4.69) is 126 Å². The third-order valence-corrected chi connectivity index (χ3v) is 7.84. The Morgan fingerprint density at radius 2 is 1.00 bits per heavy atom. The van der Waals surface area contributed by atoms with E-state index in [0.29, 0.717) is 0 Å². The standard InChI is InChI=1S/C37H58.H3P/c1-15-16-17-18-19-26(2)33(29-22-20-27(34(3,4)5)24-31(29)36(9,10)11)30-23-21-28(35(6,7)8)25-32(30)37(12,13)14;/h20-25,33H,2,15-19H2,1,3-14H3;1H3. The van der Waals surface area contributed by atoms with Gasteiger partial charge in [0.25, 0.3) is 0 Å². The summed E-state index contributed by atoms with van der Waals surface area (Å²) in [6.45, 7) is 35.2. The molecule has 0 N–H and O–H groups in total. The highest BCUT2D eigenvalue weighted by atomic mass is 31.0. The van der Waals surface area contributed by atoms with Gasteiger partial charge in [0.1, 0.15) is 0 Å². The Labute approximate surface area is 241 Å². The van der Waals surface area contributed by atoms with E-state index in [1.165, 1.54) is 64.6 Å². The molecule has 0 aromatic heterocycles. The molecule has 0 amide bonds. The molecule has 0 spiro atoms. The zero-order chi connectivity index (χ0) is 28.4. The summed E-state index contributed by atoms with van der Waals surface area (Å²) in [7, 11) is 0. The van der Waals surface area contributed by atoms with Gasteiger partial charge in [0, 0.05) is 5.92 Å². The minimum Gasteiger partial charge on any atom is -0.153 e. The molecule has 1 heteroatoms. The van der Waals surface area contributed by atoms with Gasteiger partial charge in [-0.2, -0.15) is 9.90 Å². The molecule has 2 rings (SSSR count). The molecule has 0 aliphatic carbocycles. The molecule has 214 valence electrons. The van der Waals surface area contributed by atoms with Crippen LogP contribution in [-0.2, 0) is 21.7 Å². The number of benzene rings is 2. The number of hydrogen-bond acceptors (Lipinski definition) is 0. The molecule has 38 heavy (non-hydrogen) atoms. The van der Waals surface area contributed by atoms with E-state index in [9.17, 15) is 0 Å². The molecule has 0 heterocycles. The first-order valence-corrected chi connectivity index (χ1v) is 14.8. The summed E-state index contributed by atoms with van der Waals surface area (Å²) in [6.07, 6.45) is 6.16. The SMILES string of the molecule is C=C(CCCCCC)C(c1ccc(C(C)(C)C)cc1C(C)(C)C)c1ccc(C(C)(C)C)cc1C(C)(C)C.P. The Bertz CT molecular complexity index is 982. The van der Waals surface area contributed by atoms with Gasteiger partial charge in [0.15, 0.2) is 0 Å². The Morgan fingerprint density at radius 3 is 1.32 bits per heavy atom. The molecule has 2 aromatic carbocycles. The van der Waals surface area contributed by atoms with Crippen LogP contribution in [0, 0.1) is 0 Å². The zero-order valence-corrected chi connectivity index (χ0v) is 28.9. The van der Waals surface area contributed by atoms with Gasteiger partial charge >= 0.3 is 0 Å². The van der Waals surface area contributed by atoms with Gasteiger partial charge in [-0.3, -0.25) is 0 Å². The summed E-state index contributed by atoms with van der Waals surface area (Å²) < 4.78 is 0. The first kappa shape index (κ1) is 34.6. The molecule has 0 fully saturated rings. The van der Waals surface area contributed by atoms with Crippen LogP contribution in [0.15, 0.2) is 48.6 Å². The number of allylic oxidation sites excluding steroid dienone is 1. The van der Waals surface area contributed by atoms with Crippen molar-refractivity contribution >= 4 is 9.90 Å². The van der Waals surface area contributed by atoms with Gasteiger partial charge < -0.3 is 0 Å². The number of hydrogen-bond donors (Lipinski definition) is 0. The molecule has 1 unspecified atom stereocenters. The lowest BCUT2D eigenvalue weighted by atomic mass is 9.69. The summed E-state index contributed by atoms with van der Waals surface area (Å²) in [5.41, 5.74) is 10.3. The lowest BCUT2D eigenvalue weighted by Gasteiger charge is -2.35. The fraction of sp³-hybridized carbons (Fsp3) is 0.622. The van der Waals surface area contributed by atoms with Crippen LogP contribution in [0.5, 0.6) is 0 Å². The fourth-order valence-corrected chi connectivity index (χ4v) is 5.38.